The second kappa shape index (κ2) is 4.80. The summed E-state index contributed by atoms with van der Waals surface area (Å²) in [5, 5.41) is 0.607. The number of aromatic nitrogens is 1. The van der Waals surface area contributed by atoms with E-state index in [-0.39, 0.29) is 11.7 Å². The quantitative estimate of drug-likeness (QED) is 0.766. The van der Waals surface area contributed by atoms with Crippen molar-refractivity contribution in [2.45, 2.75) is 20.8 Å². The van der Waals surface area contributed by atoms with E-state index < -0.39 is 0 Å². The summed E-state index contributed by atoms with van der Waals surface area (Å²) in [7, 11) is 0. The van der Waals surface area contributed by atoms with Gasteiger partial charge in [-0.1, -0.05) is 43.7 Å². The fourth-order valence-electron chi connectivity index (χ4n) is 1.49. The minimum Gasteiger partial charge on any atom is -0.291 e. The van der Waals surface area contributed by atoms with Crippen LogP contribution in [0.15, 0.2) is 30.5 Å². The summed E-state index contributed by atoms with van der Waals surface area (Å²) in [6.45, 7) is 5.86. The van der Waals surface area contributed by atoms with Gasteiger partial charge in [0.1, 0.15) is 0 Å². The Bertz CT molecular complexity index is 525. The number of aryl methyl sites for hydroxylation is 1. The third-order valence-corrected chi connectivity index (χ3v) is 3.64. The van der Waals surface area contributed by atoms with Crippen molar-refractivity contribution in [2.24, 2.45) is 5.92 Å². The molecule has 0 bridgehead atoms. The summed E-state index contributed by atoms with van der Waals surface area (Å²) in [5.74, 6) is 0.125. The highest BCUT2D eigenvalue weighted by atomic mass is 32.1. The predicted molar refractivity (Wildman–Crippen MR) is 71.5 cm³/mol. The fourth-order valence-corrected chi connectivity index (χ4v) is 2.50. The highest BCUT2D eigenvalue weighted by Gasteiger charge is 2.15. The van der Waals surface area contributed by atoms with E-state index in [1.54, 1.807) is 6.20 Å². The number of Topliss-reactive ketones (excluding diaryl/α,β-unsaturated/α-hetero) is 1. The molecule has 0 aliphatic heterocycles. The normalized spacial score (nSPS) is 10.8. The van der Waals surface area contributed by atoms with E-state index in [2.05, 4.69) is 36.2 Å². The minimum absolute atomic E-state index is 0.00650. The van der Waals surface area contributed by atoms with Crippen molar-refractivity contribution in [2.75, 3.05) is 0 Å². The summed E-state index contributed by atoms with van der Waals surface area (Å²) in [5.41, 5.74) is 2.35. The number of thiazole rings is 1. The molecule has 2 rings (SSSR count). The highest BCUT2D eigenvalue weighted by Crippen LogP contribution is 2.27. The number of nitrogens with zero attached hydrogens (tertiary/aromatic N) is 1. The number of hydrogen-bond donors (Lipinski definition) is 0. The molecule has 2 aromatic rings. The lowest BCUT2D eigenvalue weighted by molar-refractivity contribution is 0.0939. The van der Waals surface area contributed by atoms with Crippen molar-refractivity contribution < 1.29 is 4.79 Å². The van der Waals surface area contributed by atoms with Gasteiger partial charge in [0.25, 0.3) is 0 Å². The number of carbonyl (C=O) groups excluding carboxylic acids is 1. The van der Waals surface area contributed by atoms with Crippen LogP contribution in [0.4, 0.5) is 0 Å². The van der Waals surface area contributed by atoms with Crippen molar-refractivity contribution in [3.63, 3.8) is 0 Å². The Morgan fingerprint density at radius 2 is 1.88 bits per heavy atom. The van der Waals surface area contributed by atoms with Crippen molar-refractivity contribution in [3.8, 4) is 10.4 Å². The topological polar surface area (TPSA) is 30.0 Å². The summed E-state index contributed by atoms with van der Waals surface area (Å²) >= 11 is 1.47. The van der Waals surface area contributed by atoms with E-state index in [0.29, 0.717) is 5.01 Å². The third kappa shape index (κ3) is 2.61. The molecule has 17 heavy (non-hydrogen) atoms. The van der Waals surface area contributed by atoms with E-state index in [1.807, 2.05) is 13.8 Å². The Labute approximate surface area is 105 Å². The van der Waals surface area contributed by atoms with Crippen molar-refractivity contribution in [1.29, 1.82) is 0 Å². The maximum atomic E-state index is 11.8. The SMILES string of the molecule is Cc1ccc(-c2cnc(C(=O)C(C)C)s2)cc1. The van der Waals surface area contributed by atoms with Gasteiger partial charge in [0, 0.05) is 12.1 Å². The van der Waals surface area contributed by atoms with Crippen molar-refractivity contribution in [1.82, 2.24) is 4.98 Å². The fraction of sp³-hybridized carbons (Fsp3) is 0.286. The van der Waals surface area contributed by atoms with Gasteiger partial charge in [-0.3, -0.25) is 4.79 Å². The summed E-state index contributed by atoms with van der Waals surface area (Å²) in [6.07, 6.45) is 1.78. The molecule has 0 atom stereocenters. The molecule has 0 unspecified atom stereocenters. The zero-order valence-electron chi connectivity index (χ0n) is 10.2. The van der Waals surface area contributed by atoms with Crippen molar-refractivity contribution >= 4 is 17.1 Å². The summed E-state index contributed by atoms with van der Waals surface area (Å²) in [4.78, 5) is 17.0. The first-order chi connectivity index (χ1) is 8.08. The van der Waals surface area contributed by atoms with E-state index in [0.717, 1.165) is 10.4 Å². The van der Waals surface area contributed by atoms with Gasteiger partial charge in [0.05, 0.1) is 4.88 Å². The molecular formula is C14H15NOS. The second-order valence-electron chi connectivity index (χ2n) is 4.41. The number of hydrogen-bond acceptors (Lipinski definition) is 3. The van der Waals surface area contributed by atoms with Gasteiger partial charge in [0.2, 0.25) is 0 Å². The predicted octanol–water partition coefficient (Wildman–Crippen LogP) is 3.96. The second-order valence-corrected chi connectivity index (χ2v) is 5.45. The molecule has 0 saturated carbocycles. The maximum absolute atomic E-state index is 11.8. The molecule has 0 aliphatic rings. The molecule has 88 valence electrons. The molecule has 0 fully saturated rings. The first-order valence-corrected chi connectivity index (χ1v) is 6.46. The molecule has 0 saturated heterocycles. The van der Waals surface area contributed by atoms with Gasteiger partial charge in [-0.15, -0.1) is 11.3 Å². The molecule has 3 heteroatoms. The molecular weight excluding hydrogens is 230 g/mol. The Morgan fingerprint density at radius 1 is 1.24 bits per heavy atom. The Hall–Kier alpha value is -1.48. The lowest BCUT2D eigenvalue weighted by Crippen LogP contribution is -2.06. The van der Waals surface area contributed by atoms with E-state index in [9.17, 15) is 4.79 Å². The van der Waals surface area contributed by atoms with Crippen LogP contribution < -0.4 is 0 Å². The van der Waals surface area contributed by atoms with Crippen LogP contribution in [-0.2, 0) is 0 Å². The molecule has 1 aromatic heterocycles. The molecule has 1 aromatic carbocycles. The van der Waals surface area contributed by atoms with Crippen molar-refractivity contribution in [3.05, 3.63) is 41.0 Å². The maximum Gasteiger partial charge on any atom is 0.193 e. The van der Waals surface area contributed by atoms with Crippen LogP contribution in [0.1, 0.15) is 29.2 Å². The Morgan fingerprint density at radius 3 is 2.47 bits per heavy atom. The highest BCUT2D eigenvalue weighted by molar-refractivity contribution is 7.17. The Balaban J connectivity index is 2.30. The number of benzene rings is 1. The minimum atomic E-state index is 0.00650. The van der Waals surface area contributed by atoms with Crippen LogP contribution in [0.25, 0.3) is 10.4 Å². The van der Waals surface area contributed by atoms with Gasteiger partial charge in [0.15, 0.2) is 10.8 Å². The third-order valence-electron chi connectivity index (χ3n) is 2.58. The van der Waals surface area contributed by atoms with Gasteiger partial charge < -0.3 is 0 Å². The van der Waals surface area contributed by atoms with Crippen LogP contribution in [0, 0.1) is 12.8 Å². The Kier molecular flexibility index (Phi) is 3.38. The summed E-state index contributed by atoms with van der Waals surface area (Å²) < 4.78 is 0. The molecule has 2 nitrogen and oxygen atoms in total. The molecule has 0 aliphatic carbocycles. The smallest absolute Gasteiger partial charge is 0.193 e. The largest absolute Gasteiger partial charge is 0.291 e. The first-order valence-electron chi connectivity index (χ1n) is 5.65. The lowest BCUT2D eigenvalue weighted by Gasteiger charge is -1.98. The zero-order chi connectivity index (χ0) is 12.4. The number of rotatable bonds is 3. The van der Waals surface area contributed by atoms with Crippen LogP contribution in [-0.4, -0.2) is 10.8 Å². The van der Waals surface area contributed by atoms with Crippen LogP contribution in [0.2, 0.25) is 0 Å². The lowest BCUT2D eigenvalue weighted by atomic mass is 10.1. The van der Waals surface area contributed by atoms with Crippen LogP contribution in [0.3, 0.4) is 0 Å². The average molecular weight is 245 g/mol. The average Bonchev–Trinajstić information content (AvgIpc) is 2.78. The number of carbonyl (C=O) groups is 1. The monoisotopic (exact) mass is 245 g/mol. The van der Waals surface area contributed by atoms with Gasteiger partial charge in [-0.2, -0.15) is 0 Å². The van der Waals surface area contributed by atoms with Gasteiger partial charge in [-0.25, -0.2) is 4.98 Å². The molecule has 0 N–H and O–H groups in total. The van der Waals surface area contributed by atoms with Crippen LogP contribution >= 0.6 is 11.3 Å². The molecule has 0 radical (unpaired) electrons. The standard InChI is InChI=1S/C14H15NOS/c1-9(2)13(16)14-15-8-12(17-14)11-6-4-10(3)5-7-11/h4-9H,1-3H3. The summed E-state index contributed by atoms with van der Waals surface area (Å²) in [6, 6.07) is 8.26. The van der Waals surface area contributed by atoms with E-state index >= 15 is 0 Å². The molecule has 0 spiro atoms. The van der Waals surface area contributed by atoms with Gasteiger partial charge >= 0.3 is 0 Å². The van der Waals surface area contributed by atoms with E-state index in [1.165, 1.54) is 16.9 Å². The zero-order valence-corrected chi connectivity index (χ0v) is 11.0. The molecule has 1 heterocycles. The van der Waals surface area contributed by atoms with E-state index in [4.69, 9.17) is 0 Å². The van der Waals surface area contributed by atoms with Crippen LogP contribution in [0.5, 0.6) is 0 Å². The number of ketones is 1. The molecule has 0 amide bonds. The first kappa shape index (κ1) is 12.0. The van der Waals surface area contributed by atoms with Gasteiger partial charge in [-0.05, 0) is 12.5 Å².